The highest BCUT2D eigenvalue weighted by Crippen LogP contribution is 2.06. The lowest BCUT2D eigenvalue weighted by Crippen LogP contribution is -1.77. The van der Waals surface area contributed by atoms with E-state index >= 15 is 0 Å². The van der Waals surface area contributed by atoms with E-state index in [0.717, 1.165) is 12.8 Å². The minimum atomic E-state index is 1.09. The molecule has 0 atom stereocenters. The third-order valence-electron chi connectivity index (χ3n) is 1.85. The Hall–Kier alpha value is -0.460. The van der Waals surface area contributed by atoms with Gasteiger partial charge in [-0.25, -0.2) is 0 Å². The van der Waals surface area contributed by atoms with Gasteiger partial charge >= 0.3 is 0 Å². The van der Waals surface area contributed by atoms with Crippen molar-refractivity contribution in [2.45, 2.75) is 44.9 Å². The number of methoxy groups -OCH3 is 1. The topological polar surface area (TPSA) is 9.23 Å². The van der Waals surface area contributed by atoms with Crippen molar-refractivity contribution in [1.29, 1.82) is 0 Å². The van der Waals surface area contributed by atoms with E-state index in [1.54, 1.807) is 13.4 Å². The van der Waals surface area contributed by atoms with E-state index in [-0.39, 0.29) is 0 Å². The van der Waals surface area contributed by atoms with Crippen LogP contribution in [0.3, 0.4) is 0 Å². The van der Waals surface area contributed by atoms with Gasteiger partial charge in [-0.3, -0.25) is 0 Å². The van der Waals surface area contributed by atoms with E-state index in [9.17, 15) is 0 Å². The van der Waals surface area contributed by atoms with Gasteiger partial charge < -0.3 is 4.74 Å². The minimum absolute atomic E-state index is 1.09. The summed E-state index contributed by atoms with van der Waals surface area (Å²) in [6.07, 6.45) is 12.7. The molecule has 0 aromatic heterocycles. The monoisotopic (exact) mass is 169 g/mol. The molecule has 0 spiro atoms. The maximum absolute atomic E-state index is 4.80. The Morgan fingerprint density at radius 2 is 1.75 bits per heavy atom. The van der Waals surface area contributed by atoms with Gasteiger partial charge in [-0.15, -0.1) is 0 Å². The van der Waals surface area contributed by atoms with Crippen molar-refractivity contribution in [1.82, 2.24) is 0 Å². The molecule has 12 heavy (non-hydrogen) atoms. The second-order valence-corrected chi connectivity index (χ2v) is 3.02. The van der Waals surface area contributed by atoms with Gasteiger partial charge in [-0.05, 0) is 18.9 Å². The fraction of sp³-hybridized carbons (Fsp3) is 0.727. The Kier molecular flexibility index (Phi) is 10.1. The Morgan fingerprint density at radius 1 is 1.08 bits per heavy atom. The molecule has 1 nitrogen and oxygen atoms in total. The highest BCUT2D eigenvalue weighted by Gasteiger charge is 1.87. The predicted octanol–water partition coefficient (Wildman–Crippen LogP) is 3.71. The summed E-state index contributed by atoms with van der Waals surface area (Å²) in [6.45, 7) is 3.82. The van der Waals surface area contributed by atoms with Gasteiger partial charge in [-0.2, -0.15) is 0 Å². The second-order valence-electron chi connectivity index (χ2n) is 3.02. The molecule has 1 radical (unpaired) electrons. The van der Waals surface area contributed by atoms with Gasteiger partial charge in [0.1, 0.15) is 0 Å². The molecule has 0 aliphatic heterocycles. The molecule has 0 bridgehead atoms. The van der Waals surface area contributed by atoms with Crippen LogP contribution in [0.15, 0.2) is 12.3 Å². The lowest BCUT2D eigenvalue weighted by molar-refractivity contribution is 0.336. The molecule has 0 aromatic rings. The zero-order chi connectivity index (χ0) is 9.07. The summed E-state index contributed by atoms with van der Waals surface area (Å²) >= 11 is 0. The van der Waals surface area contributed by atoms with Crippen LogP contribution >= 0.6 is 0 Å². The number of allylic oxidation sites excluding steroid dienone is 1. The molecule has 71 valence electrons. The minimum Gasteiger partial charge on any atom is -0.505 e. The third-order valence-corrected chi connectivity index (χ3v) is 1.85. The normalized spacial score (nSPS) is 10.8. The van der Waals surface area contributed by atoms with Crippen LogP contribution in [-0.2, 0) is 4.74 Å². The van der Waals surface area contributed by atoms with Crippen molar-refractivity contribution in [3.63, 3.8) is 0 Å². The molecule has 0 fully saturated rings. The van der Waals surface area contributed by atoms with E-state index in [1.807, 2.05) is 0 Å². The fourth-order valence-electron chi connectivity index (χ4n) is 1.13. The Morgan fingerprint density at radius 3 is 2.42 bits per heavy atom. The van der Waals surface area contributed by atoms with E-state index in [2.05, 4.69) is 13.0 Å². The molecular weight excluding hydrogens is 148 g/mol. The van der Waals surface area contributed by atoms with Crippen LogP contribution < -0.4 is 0 Å². The van der Waals surface area contributed by atoms with Crippen LogP contribution in [0.5, 0.6) is 0 Å². The lowest BCUT2D eigenvalue weighted by Gasteiger charge is -1.97. The van der Waals surface area contributed by atoms with Gasteiger partial charge in [0.2, 0.25) is 0 Å². The Balaban J connectivity index is 2.86. The summed E-state index contributed by atoms with van der Waals surface area (Å²) in [5, 5.41) is 0. The first kappa shape index (κ1) is 11.5. The first-order valence-electron chi connectivity index (χ1n) is 4.89. The number of rotatable bonds is 8. The molecule has 0 saturated carbocycles. The number of unbranched alkanes of at least 4 members (excludes halogenated alkanes) is 6. The molecule has 0 aliphatic rings. The molecule has 0 aliphatic carbocycles. The average Bonchev–Trinajstić information content (AvgIpc) is 2.10. The first-order valence-corrected chi connectivity index (χ1v) is 4.89. The van der Waals surface area contributed by atoms with E-state index in [0.29, 0.717) is 0 Å². The molecule has 0 unspecified atom stereocenters. The van der Waals surface area contributed by atoms with Crippen LogP contribution in [0.4, 0.5) is 0 Å². The maximum atomic E-state index is 4.80. The van der Waals surface area contributed by atoms with Crippen LogP contribution in [0, 0.1) is 6.92 Å². The predicted molar refractivity (Wildman–Crippen MR) is 53.8 cm³/mol. The number of hydrogen-bond acceptors (Lipinski definition) is 1. The zero-order valence-electron chi connectivity index (χ0n) is 8.22. The Labute approximate surface area is 76.8 Å². The third kappa shape index (κ3) is 9.54. The average molecular weight is 169 g/mol. The summed E-state index contributed by atoms with van der Waals surface area (Å²) in [5.74, 6) is 0. The van der Waals surface area contributed by atoms with Crippen molar-refractivity contribution in [3.8, 4) is 0 Å². The SMILES string of the molecule is [CH2]CCCCCCCC=COC. The molecular formula is C11H21O. The molecule has 0 N–H and O–H groups in total. The van der Waals surface area contributed by atoms with Crippen molar-refractivity contribution in [2.24, 2.45) is 0 Å². The largest absolute Gasteiger partial charge is 0.505 e. The molecule has 0 amide bonds. The smallest absolute Gasteiger partial charge is 0.0784 e. The maximum Gasteiger partial charge on any atom is 0.0784 e. The molecule has 0 aromatic carbocycles. The number of ether oxygens (including phenoxy) is 1. The molecule has 0 heterocycles. The van der Waals surface area contributed by atoms with Crippen LogP contribution in [0.25, 0.3) is 0 Å². The van der Waals surface area contributed by atoms with E-state index in [1.165, 1.54) is 32.1 Å². The summed E-state index contributed by atoms with van der Waals surface area (Å²) in [7, 11) is 1.69. The summed E-state index contributed by atoms with van der Waals surface area (Å²) < 4.78 is 4.80. The van der Waals surface area contributed by atoms with Crippen LogP contribution in [-0.4, -0.2) is 7.11 Å². The highest BCUT2D eigenvalue weighted by molar-refractivity contribution is 4.72. The standard InChI is InChI=1S/C11H21O/c1-3-4-5-6-7-8-9-10-11-12-2/h10-11H,1,3-9H2,2H3. The summed E-state index contributed by atoms with van der Waals surface area (Å²) in [6, 6.07) is 0. The Bertz CT molecular complexity index is 97.2. The van der Waals surface area contributed by atoms with Crippen molar-refractivity contribution in [3.05, 3.63) is 19.3 Å². The van der Waals surface area contributed by atoms with Crippen molar-refractivity contribution >= 4 is 0 Å². The van der Waals surface area contributed by atoms with E-state index in [4.69, 9.17) is 4.74 Å². The first-order chi connectivity index (χ1) is 5.91. The molecule has 0 rings (SSSR count). The quantitative estimate of drug-likeness (QED) is 0.397. The fourth-order valence-corrected chi connectivity index (χ4v) is 1.13. The summed E-state index contributed by atoms with van der Waals surface area (Å²) in [4.78, 5) is 0. The highest BCUT2D eigenvalue weighted by atomic mass is 16.5. The zero-order valence-corrected chi connectivity index (χ0v) is 8.22. The molecule has 0 saturated heterocycles. The van der Waals surface area contributed by atoms with Gasteiger partial charge in [-0.1, -0.05) is 39.0 Å². The lowest BCUT2D eigenvalue weighted by atomic mass is 10.1. The van der Waals surface area contributed by atoms with Gasteiger partial charge in [0.15, 0.2) is 0 Å². The van der Waals surface area contributed by atoms with Gasteiger partial charge in [0, 0.05) is 0 Å². The van der Waals surface area contributed by atoms with E-state index < -0.39 is 0 Å². The molecule has 1 heteroatoms. The second kappa shape index (κ2) is 10.5. The van der Waals surface area contributed by atoms with Crippen molar-refractivity contribution < 1.29 is 4.74 Å². The van der Waals surface area contributed by atoms with Gasteiger partial charge in [0.25, 0.3) is 0 Å². The summed E-state index contributed by atoms with van der Waals surface area (Å²) in [5.41, 5.74) is 0. The van der Waals surface area contributed by atoms with Crippen LogP contribution in [0.2, 0.25) is 0 Å². The van der Waals surface area contributed by atoms with Crippen LogP contribution in [0.1, 0.15) is 44.9 Å². The van der Waals surface area contributed by atoms with Crippen molar-refractivity contribution in [2.75, 3.05) is 7.11 Å². The number of hydrogen-bond donors (Lipinski definition) is 0. The van der Waals surface area contributed by atoms with Gasteiger partial charge in [0.05, 0.1) is 13.4 Å².